The molecule has 0 heterocycles. The molecule has 1 atom stereocenters. The van der Waals surface area contributed by atoms with Crippen molar-refractivity contribution in [1.29, 1.82) is 0 Å². The Morgan fingerprint density at radius 3 is 1.54 bits per heavy atom. The number of halogens is 3. The van der Waals surface area contributed by atoms with Crippen LogP contribution >= 0.6 is 28.3 Å². The minimum absolute atomic E-state index is 0.367. The summed E-state index contributed by atoms with van der Waals surface area (Å²) in [7, 11) is 15.0. The summed E-state index contributed by atoms with van der Waals surface area (Å²) in [5.41, 5.74) is 0.367. The third kappa shape index (κ3) is 24.7. The zero-order valence-corrected chi connectivity index (χ0v) is 14.0. The third-order valence-electron chi connectivity index (χ3n) is 1.29. The van der Waals surface area contributed by atoms with Crippen LogP contribution in [0.1, 0.15) is 34.6 Å². The molecule has 0 bridgehead atoms. The van der Waals surface area contributed by atoms with Crippen molar-refractivity contribution in [2.45, 2.75) is 34.6 Å². The molecule has 0 saturated carbocycles. The molecule has 13 heavy (non-hydrogen) atoms. The van der Waals surface area contributed by atoms with Gasteiger partial charge in [0.2, 0.25) is 0 Å². The van der Waals surface area contributed by atoms with E-state index in [1.54, 1.807) is 0 Å². The molecule has 0 aliphatic carbocycles. The van der Waals surface area contributed by atoms with Gasteiger partial charge in [-0.05, 0) is 0 Å². The van der Waals surface area contributed by atoms with Crippen LogP contribution in [0.25, 0.3) is 0 Å². The molecule has 0 spiro atoms. The summed E-state index contributed by atoms with van der Waals surface area (Å²) in [6, 6.07) is 0. The molecule has 0 aromatic rings. The maximum absolute atomic E-state index is 5.00. The Labute approximate surface area is 101 Å². The average molecular weight is 416 g/mol. The van der Waals surface area contributed by atoms with Gasteiger partial charge >= 0.3 is 42.4 Å². The van der Waals surface area contributed by atoms with Crippen molar-refractivity contribution in [3.05, 3.63) is 12.8 Å². The predicted molar refractivity (Wildman–Crippen MR) is 60.5 cm³/mol. The van der Waals surface area contributed by atoms with Crippen LogP contribution < -0.4 is 0 Å². The van der Waals surface area contributed by atoms with Crippen molar-refractivity contribution in [3.8, 4) is 0 Å². The van der Waals surface area contributed by atoms with Gasteiger partial charge < -0.3 is 18.8 Å². The molecule has 0 radical (unpaired) electrons. The first-order valence-electron chi connectivity index (χ1n) is 4.07. The van der Waals surface area contributed by atoms with Gasteiger partial charge in [0.25, 0.3) is 0 Å². The normalized spacial score (nSPS) is 13.6. The summed E-state index contributed by atoms with van der Waals surface area (Å²) in [5.74, 6) is 0.644. The van der Waals surface area contributed by atoms with Crippen molar-refractivity contribution in [1.82, 2.24) is 0 Å². The van der Waals surface area contributed by atoms with Gasteiger partial charge in [0, 0.05) is 0 Å². The second kappa shape index (κ2) is 8.83. The van der Waals surface area contributed by atoms with Crippen molar-refractivity contribution in [2.75, 3.05) is 0 Å². The molecule has 0 N–H and O–H groups in total. The van der Waals surface area contributed by atoms with E-state index in [2.05, 4.69) is 47.5 Å². The van der Waals surface area contributed by atoms with Gasteiger partial charge in [-0.3, -0.25) is 0 Å². The van der Waals surface area contributed by atoms with Crippen LogP contribution in [0.4, 0.5) is 0 Å². The number of rotatable bonds is 2. The average Bonchev–Trinajstić information content (AvgIpc) is 1.82. The van der Waals surface area contributed by atoms with Crippen molar-refractivity contribution >= 4 is 28.3 Å². The van der Waals surface area contributed by atoms with E-state index in [9.17, 15) is 0 Å². The Hall–Kier alpha value is 1.56. The van der Waals surface area contributed by atoms with Gasteiger partial charge in [-0.15, -0.1) is 6.92 Å². The monoisotopic (exact) mass is 415 g/mol. The van der Waals surface area contributed by atoms with Gasteiger partial charge in [-0.1, -0.05) is 20.8 Å². The summed E-state index contributed by atoms with van der Waals surface area (Å²) >= 11 is -2.11. The van der Waals surface area contributed by atoms with Gasteiger partial charge in [0.05, 0.1) is 0 Å². The first kappa shape index (κ1) is 17.0. The Morgan fingerprint density at radius 1 is 1.15 bits per heavy atom. The topological polar surface area (TPSA) is 0 Å². The van der Waals surface area contributed by atoms with Crippen LogP contribution in [0.3, 0.4) is 0 Å². The molecular weight excluding hydrogens is 398 g/mol. The van der Waals surface area contributed by atoms with E-state index >= 15 is 0 Å². The fraction of sp³-hybridized carbons (Fsp3) is 0.778. The van der Waals surface area contributed by atoms with Crippen molar-refractivity contribution in [3.63, 3.8) is 0 Å². The molecule has 0 aliphatic rings. The molecule has 0 nitrogen and oxygen atoms in total. The van der Waals surface area contributed by atoms with E-state index < -0.39 is 14.2 Å². The SMILES string of the molecule is C[CH-]C(C)[CH-]C(C)(C)C.[Cl][W]([Cl])[Cl]. The van der Waals surface area contributed by atoms with Gasteiger partial charge in [-0.2, -0.15) is 12.3 Å². The zero-order chi connectivity index (χ0) is 11.1. The van der Waals surface area contributed by atoms with Crippen LogP contribution in [0, 0.1) is 24.2 Å². The molecule has 0 aromatic carbocycles. The van der Waals surface area contributed by atoms with E-state index in [-0.39, 0.29) is 0 Å². The first-order valence-corrected chi connectivity index (χ1v) is 15.0. The quantitative estimate of drug-likeness (QED) is 0.546. The van der Waals surface area contributed by atoms with Gasteiger partial charge in [0.15, 0.2) is 0 Å². The Kier molecular flexibility index (Phi) is 11.5. The summed E-state index contributed by atoms with van der Waals surface area (Å²) in [5, 5.41) is 0. The molecule has 0 saturated heterocycles. The number of hydrogen-bond acceptors (Lipinski definition) is 0. The van der Waals surface area contributed by atoms with Crippen LogP contribution in [0.15, 0.2) is 0 Å². The van der Waals surface area contributed by atoms with E-state index in [1.807, 2.05) is 0 Å². The Morgan fingerprint density at radius 2 is 1.46 bits per heavy atom. The third-order valence-corrected chi connectivity index (χ3v) is 1.29. The van der Waals surface area contributed by atoms with E-state index in [0.29, 0.717) is 11.3 Å². The zero-order valence-electron chi connectivity index (χ0n) is 8.77. The molecule has 1 unspecified atom stereocenters. The van der Waals surface area contributed by atoms with Crippen LogP contribution in [-0.4, -0.2) is 0 Å². The van der Waals surface area contributed by atoms with Crippen LogP contribution in [0.2, 0.25) is 0 Å². The van der Waals surface area contributed by atoms with E-state index in [0.717, 1.165) is 0 Å². The summed E-state index contributed by atoms with van der Waals surface area (Å²) in [6.07, 6.45) is 4.57. The van der Waals surface area contributed by atoms with Crippen molar-refractivity contribution in [2.24, 2.45) is 11.3 Å². The summed E-state index contributed by atoms with van der Waals surface area (Å²) in [6.45, 7) is 11.0. The second-order valence-corrected chi connectivity index (χ2v) is 16.6. The molecule has 0 rings (SSSR count). The predicted octanol–water partition coefficient (Wildman–Crippen LogP) is 5.16. The summed E-state index contributed by atoms with van der Waals surface area (Å²) in [4.78, 5) is 0. The van der Waals surface area contributed by atoms with Gasteiger partial charge in [0.1, 0.15) is 0 Å². The second-order valence-electron chi connectivity index (χ2n) is 3.90. The van der Waals surface area contributed by atoms with Crippen LogP contribution in [0.5, 0.6) is 0 Å². The van der Waals surface area contributed by atoms with Crippen molar-refractivity contribution < 1.29 is 14.2 Å². The first-order chi connectivity index (χ1) is 5.69. The van der Waals surface area contributed by atoms with Gasteiger partial charge in [-0.25, -0.2) is 0 Å². The molecular formula is C9H18Cl3W-2. The number of hydrogen-bond donors (Lipinski definition) is 0. The Bertz CT molecular complexity index is 107. The molecule has 83 valence electrons. The fourth-order valence-electron chi connectivity index (χ4n) is 0.885. The Balaban J connectivity index is 0. The molecule has 0 aromatic heterocycles. The standard InChI is InChI=1S/C9H18.3ClH.W/c1-6-8(2)7-9(3,4)5;;;;/h6-8H,1-5H3;3*1H;/q-2;;;;+3/p-3. The van der Waals surface area contributed by atoms with Crippen LogP contribution in [-0.2, 0) is 14.2 Å². The summed E-state index contributed by atoms with van der Waals surface area (Å²) < 4.78 is 0. The molecule has 0 amide bonds. The van der Waals surface area contributed by atoms with E-state index in [4.69, 9.17) is 28.3 Å². The fourth-order valence-corrected chi connectivity index (χ4v) is 0.885. The molecule has 0 fully saturated rings. The minimum atomic E-state index is -2.11. The molecule has 0 aliphatic heterocycles. The van der Waals surface area contributed by atoms with E-state index in [1.165, 1.54) is 0 Å². The molecule has 4 heteroatoms. The maximum atomic E-state index is 5.00.